The molecule has 0 radical (unpaired) electrons. The minimum absolute atomic E-state index is 0.414. The van der Waals surface area contributed by atoms with Gasteiger partial charge < -0.3 is 10.1 Å². The van der Waals surface area contributed by atoms with Crippen molar-refractivity contribution in [2.75, 3.05) is 5.32 Å². The van der Waals surface area contributed by atoms with Crippen LogP contribution in [0.25, 0.3) is 0 Å². The summed E-state index contributed by atoms with van der Waals surface area (Å²) >= 11 is 5.85. The maximum atomic E-state index is 12.0. The van der Waals surface area contributed by atoms with Gasteiger partial charge in [0.15, 0.2) is 6.10 Å². The van der Waals surface area contributed by atoms with Gasteiger partial charge in [-0.2, -0.15) is 0 Å². The zero-order chi connectivity index (χ0) is 16.1. The van der Waals surface area contributed by atoms with Crippen molar-refractivity contribution >= 4 is 29.2 Å². The van der Waals surface area contributed by atoms with Gasteiger partial charge in [-0.05, 0) is 44.2 Å². The smallest absolute Gasteiger partial charge is 0.338 e. The highest BCUT2D eigenvalue weighted by atomic mass is 35.5. The number of esters is 1. The molecule has 0 unspecified atom stereocenters. The molecule has 2 rings (SSSR count). The van der Waals surface area contributed by atoms with Gasteiger partial charge in [0, 0.05) is 10.7 Å². The second kappa shape index (κ2) is 7.09. The summed E-state index contributed by atoms with van der Waals surface area (Å²) < 4.78 is 5.17. The molecule has 0 bridgehead atoms. The lowest BCUT2D eigenvalue weighted by molar-refractivity contribution is -0.123. The van der Waals surface area contributed by atoms with E-state index in [1.165, 1.54) is 6.92 Å². The first kappa shape index (κ1) is 16.0. The monoisotopic (exact) mass is 317 g/mol. The maximum Gasteiger partial charge on any atom is 0.338 e. The molecule has 0 aliphatic rings. The maximum absolute atomic E-state index is 12.0. The molecule has 0 aliphatic carbocycles. The number of anilines is 1. The molecule has 1 atom stereocenters. The van der Waals surface area contributed by atoms with Gasteiger partial charge in [-0.15, -0.1) is 0 Å². The number of nitrogens with one attached hydrogen (secondary N) is 1. The van der Waals surface area contributed by atoms with Gasteiger partial charge in [0.1, 0.15) is 0 Å². The van der Waals surface area contributed by atoms with Crippen LogP contribution in [0, 0.1) is 6.92 Å². The lowest BCUT2D eigenvalue weighted by Gasteiger charge is -2.14. The molecule has 1 N–H and O–H groups in total. The number of hydrogen-bond acceptors (Lipinski definition) is 3. The van der Waals surface area contributed by atoms with Crippen LogP contribution in [-0.4, -0.2) is 18.0 Å². The molecular weight excluding hydrogens is 302 g/mol. The summed E-state index contributed by atoms with van der Waals surface area (Å²) in [6, 6.07) is 13.8. The Balaban J connectivity index is 1.98. The van der Waals surface area contributed by atoms with Crippen LogP contribution in [0.4, 0.5) is 5.69 Å². The Morgan fingerprint density at radius 2 is 1.86 bits per heavy atom. The lowest BCUT2D eigenvalue weighted by atomic mass is 10.1. The molecule has 4 nitrogen and oxygen atoms in total. The molecule has 1 amide bonds. The summed E-state index contributed by atoms with van der Waals surface area (Å²) in [5.74, 6) is -0.944. The van der Waals surface area contributed by atoms with Crippen molar-refractivity contribution < 1.29 is 14.3 Å². The van der Waals surface area contributed by atoms with E-state index in [1.807, 2.05) is 13.0 Å². The summed E-state index contributed by atoms with van der Waals surface area (Å²) in [4.78, 5) is 24.0. The first-order valence-electron chi connectivity index (χ1n) is 6.80. The number of ether oxygens (including phenoxy) is 1. The predicted molar refractivity (Wildman–Crippen MR) is 86.1 cm³/mol. The molecule has 0 saturated heterocycles. The van der Waals surface area contributed by atoms with E-state index in [4.69, 9.17) is 16.3 Å². The van der Waals surface area contributed by atoms with E-state index in [0.29, 0.717) is 16.3 Å². The van der Waals surface area contributed by atoms with E-state index in [0.717, 1.165) is 5.56 Å². The predicted octanol–water partition coefficient (Wildman–Crippen LogP) is 3.83. The number of hydrogen-bond donors (Lipinski definition) is 1. The van der Waals surface area contributed by atoms with Crippen LogP contribution in [0.1, 0.15) is 22.8 Å². The molecule has 0 saturated carbocycles. The molecule has 0 aromatic heterocycles. The normalized spacial score (nSPS) is 11.6. The fourth-order valence-corrected chi connectivity index (χ4v) is 2.05. The quantitative estimate of drug-likeness (QED) is 0.872. The molecular formula is C17H16ClNO3. The van der Waals surface area contributed by atoms with Crippen molar-refractivity contribution in [1.29, 1.82) is 0 Å². The Morgan fingerprint density at radius 3 is 2.55 bits per heavy atom. The number of halogens is 1. The summed E-state index contributed by atoms with van der Waals surface area (Å²) in [7, 11) is 0. The third-order valence-corrected chi connectivity index (χ3v) is 3.23. The first-order valence-corrected chi connectivity index (χ1v) is 7.17. The first-order chi connectivity index (χ1) is 10.5. The van der Waals surface area contributed by atoms with Crippen molar-refractivity contribution in [3.63, 3.8) is 0 Å². The van der Waals surface area contributed by atoms with Gasteiger partial charge in [0.05, 0.1) is 5.56 Å². The minimum atomic E-state index is -0.910. The topological polar surface area (TPSA) is 55.4 Å². The van der Waals surface area contributed by atoms with E-state index in [2.05, 4.69) is 5.32 Å². The van der Waals surface area contributed by atoms with Gasteiger partial charge in [-0.1, -0.05) is 35.4 Å². The lowest BCUT2D eigenvalue weighted by Crippen LogP contribution is -2.30. The van der Waals surface area contributed by atoms with Crippen molar-refractivity contribution in [2.45, 2.75) is 20.0 Å². The fraction of sp³-hybridized carbons (Fsp3) is 0.176. The van der Waals surface area contributed by atoms with Gasteiger partial charge in [0.25, 0.3) is 5.91 Å². The van der Waals surface area contributed by atoms with E-state index < -0.39 is 18.0 Å². The van der Waals surface area contributed by atoms with Crippen LogP contribution in [0.15, 0.2) is 48.5 Å². The van der Waals surface area contributed by atoms with Gasteiger partial charge in [-0.3, -0.25) is 4.79 Å². The standard InChI is InChI=1S/C17H16ClNO3/c1-11-5-3-6-13(9-11)17(21)22-12(2)16(20)19-15-8-4-7-14(18)10-15/h3-10,12H,1-2H3,(H,19,20)/t12-/m0/s1. The van der Waals surface area contributed by atoms with Crippen molar-refractivity contribution in [1.82, 2.24) is 0 Å². The Labute approximate surface area is 134 Å². The van der Waals surface area contributed by atoms with Crippen LogP contribution < -0.4 is 5.32 Å². The molecule has 0 fully saturated rings. The minimum Gasteiger partial charge on any atom is -0.449 e. The van der Waals surface area contributed by atoms with Crippen LogP contribution in [0.2, 0.25) is 5.02 Å². The average Bonchev–Trinajstić information content (AvgIpc) is 2.47. The Hall–Kier alpha value is -2.33. The molecule has 0 aliphatic heterocycles. The zero-order valence-corrected chi connectivity index (χ0v) is 13.1. The largest absolute Gasteiger partial charge is 0.449 e. The van der Waals surface area contributed by atoms with Crippen molar-refractivity contribution in [3.05, 3.63) is 64.7 Å². The third-order valence-electron chi connectivity index (χ3n) is 3.00. The van der Waals surface area contributed by atoms with Crippen LogP contribution >= 0.6 is 11.6 Å². The van der Waals surface area contributed by atoms with Crippen LogP contribution in [0.5, 0.6) is 0 Å². The summed E-state index contributed by atoms with van der Waals surface area (Å²) in [5, 5.41) is 3.17. The number of carbonyl (C=O) groups is 2. The Morgan fingerprint density at radius 1 is 1.14 bits per heavy atom. The number of aryl methyl sites for hydroxylation is 1. The highest BCUT2D eigenvalue weighted by Gasteiger charge is 2.19. The van der Waals surface area contributed by atoms with E-state index in [9.17, 15) is 9.59 Å². The number of amides is 1. The molecule has 0 heterocycles. The number of rotatable bonds is 4. The molecule has 2 aromatic carbocycles. The second-order valence-corrected chi connectivity index (χ2v) is 5.35. The molecule has 5 heteroatoms. The molecule has 22 heavy (non-hydrogen) atoms. The Bertz CT molecular complexity index is 700. The fourth-order valence-electron chi connectivity index (χ4n) is 1.86. The van der Waals surface area contributed by atoms with E-state index in [-0.39, 0.29) is 0 Å². The SMILES string of the molecule is Cc1cccc(C(=O)O[C@@H](C)C(=O)Nc2cccc(Cl)c2)c1. The van der Waals surface area contributed by atoms with Crippen LogP contribution in [0.3, 0.4) is 0 Å². The summed E-state index contributed by atoms with van der Waals surface area (Å²) in [5.41, 5.74) is 1.92. The molecule has 114 valence electrons. The van der Waals surface area contributed by atoms with Gasteiger partial charge in [-0.25, -0.2) is 4.79 Å². The van der Waals surface area contributed by atoms with Gasteiger partial charge in [0.2, 0.25) is 0 Å². The van der Waals surface area contributed by atoms with Crippen molar-refractivity contribution in [2.24, 2.45) is 0 Å². The zero-order valence-electron chi connectivity index (χ0n) is 12.3. The summed E-state index contributed by atoms with van der Waals surface area (Å²) in [6.07, 6.45) is -0.910. The van der Waals surface area contributed by atoms with Crippen LogP contribution in [-0.2, 0) is 9.53 Å². The average molecular weight is 318 g/mol. The number of carbonyl (C=O) groups excluding carboxylic acids is 2. The van der Waals surface area contributed by atoms with E-state index in [1.54, 1.807) is 42.5 Å². The van der Waals surface area contributed by atoms with Gasteiger partial charge >= 0.3 is 5.97 Å². The third kappa shape index (κ3) is 4.33. The number of benzene rings is 2. The summed E-state index contributed by atoms with van der Waals surface area (Å²) in [6.45, 7) is 3.40. The second-order valence-electron chi connectivity index (χ2n) is 4.92. The van der Waals surface area contributed by atoms with E-state index >= 15 is 0 Å². The molecule has 2 aromatic rings. The highest BCUT2D eigenvalue weighted by Crippen LogP contribution is 2.15. The highest BCUT2D eigenvalue weighted by molar-refractivity contribution is 6.30. The molecule has 0 spiro atoms. The van der Waals surface area contributed by atoms with Crippen molar-refractivity contribution in [3.8, 4) is 0 Å². The Kier molecular flexibility index (Phi) is 5.17.